The summed E-state index contributed by atoms with van der Waals surface area (Å²) in [5.74, 6) is -1.35. The van der Waals surface area contributed by atoms with E-state index in [0.29, 0.717) is 5.75 Å². The second-order valence-corrected chi connectivity index (χ2v) is 7.59. The molecule has 29 heavy (non-hydrogen) atoms. The Morgan fingerprint density at radius 3 is 2.17 bits per heavy atom. The minimum Gasteiger partial charge on any atom is -0.507 e. The van der Waals surface area contributed by atoms with Crippen LogP contribution < -0.4 is 15.2 Å². The molecule has 2 unspecified atom stereocenters. The molecule has 0 heterocycles. The lowest BCUT2D eigenvalue weighted by molar-refractivity contribution is 0.0799. The molecule has 0 saturated carbocycles. The highest BCUT2D eigenvalue weighted by Crippen LogP contribution is 2.44. The van der Waals surface area contributed by atoms with Gasteiger partial charge in [0.05, 0.1) is 33.1 Å². The maximum atomic E-state index is 13.0. The summed E-state index contributed by atoms with van der Waals surface area (Å²) in [5.41, 5.74) is 6.21. The summed E-state index contributed by atoms with van der Waals surface area (Å²) in [6, 6.07) is 8.69. The molecule has 0 amide bonds. The van der Waals surface area contributed by atoms with Crippen molar-refractivity contribution in [2.45, 2.75) is 0 Å². The van der Waals surface area contributed by atoms with Gasteiger partial charge in [-0.2, -0.15) is 0 Å². The normalized spacial score (nSPS) is 19.6. The van der Waals surface area contributed by atoms with Gasteiger partial charge < -0.3 is 20.3 Å². The van der Waals surface area contributed by atoms with E-state index in [1.54, 1.807) is 24.3 Å². The Balaban J connectivity index is 1.55. The van der Waals surface area contributed by atoms with Gasteiger partial charge in [0.1, 0.15) is 30.5 Å². The topological polar surface area (TPSA) is 98.8 Å². The van der Waals surface area contributed by atoms with E-state index >= 15 is 0 Å². The number of phenols is 1. The van der Waals surface area contributed by atoms with Gasteiger partial charge in [-0.25, -0.2) is 0 Å². The lowest BCUT2D eigenvalue weighted by Crippen LogP contribution is -2.36. The maximum Gasteiger partial charge on any atom is 0.175 e. The fourth-order valence-electron chi connectivity index (χ4n) is 3.59. The zero-order valence-corrected chi connectivity index (χ0v) is 16.9. The number of carbonyl (C=O) groups is 2. The first-order chi connectivity index (χ1) is 14.0. The van der Waals surface area contributed by atoms with Crippen LogP contribution in [0.4, 0.5) is 5.69 Å². The van der Waals surface area contributed by atoms with Crippen LogP contribution in [0.25, 0.3) is 0 Å². The number of nitrogen functional groups attached to an aromatic ring is 1. The summed E-state index contributed by atoms with van der Waals surface area (Å²) in [7, 11) is 0. The van der Waals surface area contributed by atoms with Crippen molar-refractivity contribution in [2.75, 3.05) is 18.9 Å². The zero-order chi connectivity index (χ0) is 20.5. The van der Waals surface area contributed by atoms with Crippen LogP contribution in [0.3, 0.4) is 0 Å². The monoisotopic (exact) mass is 455 g/mol. The van der Waals surface area contributed by atoms with E-state index in [1.807, 2.05) is 24.3 Å². The van der Waals surface area contributed by atoms with Crippen molar-refractivity contribution < 1.29 is 24.2 Å². The summed E-state index contributed by atoms with van der Waals surface area (Å²) >= 11 is 3.40. The van der Waals surface area contributed by atoms with E-state index in [0.717, 1.165) is 4.47 Å². The number of phenolic OH excluding ortho intramolecular Hbond substituents is 1. The highest BCUT2D eigenvalue weighted by molar-refractivity contribution is 9.10. The summed E-state index contributed by atoms with van der Waals surface area (Å²) in [6.07, 6.45) is 6.81. The summed E-state index contributed by atoms with van der Waals surface area (Å²) < 4.78 is 12.1. The number of Topliss-reactive ketones (excluding diaryl/α,β-unsaturated/α-hetero) is 2. The van der Waals surface area contributed by atoms with Gasteiger partial charge in [0.2, 0.25) is 0 Å². The van der Waals surface area contributed by atoms with Crippen molar-refractivity contribution >= 4 is 33.2 Å². The van der Waals surface area contributed by atoms with E-state index in [4.69, 9.17) is 15.2 Å². The minimum absolute atomic E-state index is 0.0259. The van der Waals surface area contributed by atoms with Gasteiger partial charge >= 0.3 is 0 Å². The van der Waals surface area contributed by atoms with Gasteiger partial charge in [0, 0.05) is 6.07 Å². The number of ether oxygens (including phenoxy) is 2. The number of fused-ring (bicyclic) bond motifs is 2. The van der Waals surface area contributed by atoms with Gasteiger partial charge in [-0.05, 0) is 28.1 Å². The Bertz CT molecular complexity index is 1060. The molecule has 148 valence electrons. The Hall–Kier alpha value is -3.06. The quantitative estimate of drug-likeness (QED) is 0.402. The van der Waals surface area contributed by atoms with Crippen LogP contribution in [0.2, 0.25) is 0 Å². The molecule has 2 atom stereocenters. The van der Waals surface area contributed by atoms with Gasteiger partial charge in [-0.1, -0.05) is 36.4 Å². The number of benzene rings is 2. The first kappa shape index (κ1) is 19.3. The lowest BCUT2D eigenvalue weighted by atomic mass is 9.71. The van der Waals surface area contributed by atoms with E-state index in [9.17, 15) is 14.7 Å². The second kappa shape index (κ2) is 7.75. The van der Waals surface area contributed by atoms with Crippen LogP contribution in [-0.2, 0) is 0 Å². The molecule has 0 aromatic heterocycles. The Labute approximate surface area is 175 Å². The molecular weight excluding hydrogens is 438 g/mol. The summed E-state index contributed by atoms with van der Waals surface area (Å²) in [5, 5.41) is 10.4. The van der Waals surface area contributed by atoms with Gasteiger partial charge in [-0.3, -0.25) is 9.59 Å². The number of allylic oxidation sites excluding steroid dienone is 4. The van der Waals surface area contributed by atoms with E-state index in [2.05, 4.69) is 15.9 Å². The van der Waals surface area contributed by atoms with Crippen LogP contribution in [0.15, 0.2) is 59.1 Å². The number of ketones is 2. The predicted molar refractivity (Wildman–Crippen MR) is 112 cm³/mol. The number of rotatable bonds is 5. The number of halogens is 1. The van der Waals surface area contributed by atoms with Gasteiger partial charge in [0.15, 0.2) is 11.6 Å². The second-order valence-electron chi connectivity index (χ2n) is 6.73. The highest BCUT2D eigenvalue weighted by atomic mass is 79.9. The van der Waals surface area contributed by atoms with Crippen molar-refractivity contribution in [3.05, 3.63) is 70.2 Å². The first-order valence-electron chi connectivity index (χ1n) is 9.08. The number of carbonyl (C=O) groups excluding carboxylic acids is 2. The first-order valence-corrected chi connectivity index (χ1v) is 9.87. The van der Waals surface area contributed by atoms with E-state index in [-0.39, 0.29) is 53.1 Å². The van der Waals surface area contributed by atoms with Crippen molar-refractivity contribution in [1.29, 1.82) is 0 Å². The largest absolute Gasteiger partial charge is 0.507 e. The average Bonchev–Trinajstić information content (AvgIpc) is 2.72. The molecular formula is C22H18BrNO5. The smallest absolute Gasteiger partial charge is 0.175 e. The molecule has 6 nitrogen and oxygen atoms in total. The third kappa shape index (κ3) is 3.42. The average molecular weight is 456 g/mol. The highest BCUT2D eigenvalue weighted by Gasteiger charge is 2.43. The van der Waals surface area contributed by atoms with Crippen LogP contribution in [0.5, 0.6) is 17.2 Å². The Morgan fingerprint density at radius 1 is 0.931 bits per heavy atom. The summed E-state index contributed by atoms with van der Waals surface area (Å²) in [6.45, 7) is 0.367. The minimum atomic E-state index is -0.616. The molecule has 2 aliphatic carbocycles. The standard InChI is InChI=1S/C22H18BrNO5/c23-14-7-3-4-8-16(14)28-9-10-29-17-11-15(25)18-19(20(17)24)22(27)13-6-2-1-5-12(13)21(18)26/h1-8,11-13,25H,9-10,24H2. The van der Waals surface area contributed by atoms with E-state index < -0.39 is 11.8 Å². The maximum absolute atomic E-state index is 13.0. The fourth-order valence-corrected chi connectivity index (χ4v) is 3.99. The fraction of sp³-hybridized carbons (Fsp3) is 0.182. The van der Waals surface area contributed by atoms with Crippen molar-refractivity contribution in [3.8, 4) is 17.2 Å². The zero-order valence-electron chi connectivity index (χ0n) is 15.3. The van der Waals surface area contributed by atoms with Gasteiger partial charge in [-0.15, -0.1) is 0 Å². The molecule has 2 aromatic rings. The molecule has 0 spiro atoms. The number of para-hydroxylation sites is 1. The predicted octanol–water partition coefficient (Wildman–Crippen LogP) is 3.93. The van der Waals surface area contributed by atoms with Crippen molar-refractivity contribution in [2.24, 2.45) is 11.8 Å². The third-order valence-corrected chi connectivity index (χ3v) is 5.63. The molecule has 0 aliphatic heterocycles. The third-order valence-electron chi connectivity index (χ3n) is 4.98. The molecule has 2 aliphatic rings. The molecule has 2 aromatic carbocycles. The van der Waals surface area contributed by atoms with Crippen molar-refractivity contribution in [1.82, 2.24) is 0 Å². The number of anilines is 1. The van der Waals surface area contributed by atoms with Crippen LogP contribution in [0.1, 0.15) is 20.7 Å². The van der Waals surface area contributed by atoms with Crippen LogP contribution >= 0.6 is 15.9 Å². The molecule has 0 bridgehead atoms. The number of aromatic hydroxyl groups is 1. The van der Waals surface area contributed by atoms with Gasteiger partial charge in [0.25, 0.3) is 0 Å². The molecule has 4 rings (SSSR count). The van der Waals surface area contributed by atoms with Crippen LogP contribution in [-0.4, -0.2) is 29.9 Å². The molecule has 3 N–H and O–H groups in total. The molecule has 0 saturated heterocycles. The molecule has 0 radical (unpaired) electrons. The van der Waals surface area contributed by atoms with Crippen LogP contribution in [0, 0.1) is 11.8 Å². The number of hydrogen-bond acceptors (Lipinski definition) is 6. The number of nitrogens with two attached hydrogens (primary N) is 1. The molecule has 7 heteroatoms. The Kier molecular flexibility index (Phi) is 5.15. The Morgan fingerprint density at radius 2 is 1.52 bits per heavy atom. The number of hydrogen-bond donors (Lipinski definition) is 2. The SMILES string of the molecule is Nc1c(OCCOc2ccccc2Br)cc(O)c2c1C(=O)C1C=CC=CC1C2=O. The lowest BCUT2D eigenvalue weighted by Gasteiger charge is -2.30. The van der Waals surface area contributed by atoms with E-state index in [1.165, 1.54) is 6.07 Å². The summed E-state index contributed by atoms with van der Waals surface area (Å²) in [4.78, 5) is 25.8. The molecule has 0 fully saturated rings. The van der Waals surface area contributed by atoms with Crippen molar-refractivity contribution in [3.63, 3.8) is 0 Å².